The van der Waals surface area contributed by atoms with Crippen LogP contribution in [0.3, 0.4) is 0 Å². The van der Waals surface area contributed by atoms with E-state index in [9.17, 15) is 19.1 Å². The number of amides is 1. The molecule has 1 saturated heterocycles. The zero-order valence-electron chi connectivity index (χ0n) is 17.4. The molecule has 3 rings (SSSR count). The van der Waals surface area contributed by atoms with E-state index >= 15 is 0 Å². The first-order valence-corrected chi connectivity index (χ1v) is 10.3. The van der Waals surface area contributed by atoms with Crippen molar-refractivity contribution in [1.82, 2.24) is 20.4 Å². The summed E-state index contributed by atoms with van der Waals surface area (Å²) < 4.78 is 19.8. The number of aliphatic hydroxyl groups is 1. The number of hydrogen-bond acceptors (Lipinski definition) is 7. The molecule has 2 N–H and O–H groups in total. The van der Waals surface area contributed by atoms with Crippen LogP contribution in [0.5, 0.6) is 0 Å². The quantitative estimate of drug-likeness (QED) is 0.660. The second kappa shape index (κ2) is 8.47. The first kappa shape index (κ1) is 21.8. The molecule has 162 valence electrons. The number of rotatable bonds is 7. The highest BCUT2D eigenvalue weighted by molar-refractivity contribution is 5.99. The largest absolute Gasteiger partial charge is 0.418 e. The van der Waals surface area contributed by atoms with E-state index in [1.807, 2.05) is 0 Å². The summed E-state index contributed by atoms with van der Waals surface area (Å²) >= 11 is 0. The third-order valence-corrected chi connectivity index (χ3v) is 6.10. The van der Waals surface area contributed by atoms with Crippen LogP contribution < -0.4 is 5.32 Å². The number of aliphatic hydroxyl groups excluding tert-OH is 1. The van der Waals surface area contributed by atoms with Crippen LogP contribution in [-0.4, -0.2) is 69.3 Å². The third-order valence-electron chi connectivity index (χ3n) is 6.10. The summed E-state index contributed by atoms with van der Waals surface area (Å²) in [5.74, 6) is -0.631. The Morgan fingerprint density at radius 3 is 2.66 bits per heavy atom. The van der Waals surface area contributed by atoms with Gasteiger partial charge in [-0.2, -0.15) is 0 Å². The van der Waals surface area contributed by atoms with Gasteiger partial charge >= 0.3 is 0 Å². The Labute approximate surface area is 170 Å². The van der Waals surface area contributed by atoms with E-state index in [0.29, 0.717) is 5.89 Å². The lowest BCUT2D eigenvalue weighted by atomic mass is 9.76. The Bertz CT molecular complexity index is 745. The zero-order valence-corrected chi connectivity index (χ0v) is 17.4. The van der Waals surface area contributed by atoms with E-state index in [2.05, 4.69) is 22.4 Å². The minimum absolute atomic E-state index is 0.0804. The Hall–Kier alpha value is -1.87. The fourth-order valence-corrected chi connectivity index (χ4v) is 4.04. The molecular weight excluding hydrogens is 379 g/mol. The molecule has 1 aliphatic carbocycles. The van der Waals surface area contributed by atoms with Crippen molar-refractivity contribution in [2.24, 2.45) is 0 Å². The monoisotopic (exact) mass is 410 g/mol. The molecule has 1 aromatic rings. The predicted octanol–water partition coefficient (Wildman–Crippen LogP) is 1.77. The van der Waals surface area contributed by atoms with Crippen molar-refractivity contribution >= 4 is 11.7 Å². The van der Waals surface area contributed by atoms with Gasteiger partial charge in [0.2, 0.25) is 17.6 Å². The van der Waals surface area contributed by atoms with Gasteiger partial charge < -0.3 is 19.7 Å². The Morgan fingerprint density at radius 1 is 1.31 bits per heavy atom. The molecule has 1 aliphatic heterocycles. The van der Waals surface area contributed by atoms with Gasteiger partial charge in [-0.1, -0.05) is 26.2 Å². The topological polar surface area (TPSA) is 109 Å². The number of carbonyl (C=O) groups excluding carboxylic acids is 2. The summed E-state index contributed by atoms with van der Waals surface area (Å²) in [5, 5.41) is 20.3. The normalized spacial score (nSPS) is 24.7. The molecule has 1 saturated carbocycles. The summed E-state index contributed by atoms with van der Waals surface area (Å²) in [6.45, 7) is 5.16. The Balaban J connectivity index is 1.71. The molecule has 1 unspecified atom stereocenters. The summed E-state index contributed by atoms with van der Waals surface area (Å²) in [6, 6.07) is -0.955. The number of likely N-dealkylation sites (tertiary alicyclic amines) is 1. The summed E-state index contributed by atoms with van der Waals surface area (Å²) in [6.07, 6.45) is 3.82. The third kappa shape index (κ3) is 4.83. The average Bonchev–Trinajstić information content (AvgIpc) is 3.34. The molecule has 2 heterocycles. The van der Waals surface area contributed by atoms with Crippen LogP contribution >= 0.6 is 0 Å². The highest BCUT2D eigenvalue weighted by atomic mass is 19.1. The van der Waals surface area contributed by atoms with E-state index in [0.717, 1.165) is 25.7 Å². The maximum absolute atomic E-state index is 14.1. The highest BCUT2D eigenvalue weighted by Gasteiger charge is 2.43. The van der Waals surface area contributed by atoms with E-state index in [1.54, 1.807) is 13.8 Å². The molecule has 8 nitrogen and oxygen atoms in total. The van der Waals surface area contributed by atoms with Gasteiger partial charge in [0, 0.05) is 17.4 Å². The van der Waals surface area contributed by atoms with E-state index in [1.165, 1.54) is 11.3 Å². The first-order chi connectivity index (χ1) is 13.6. The lowest BCUT2D eigenvalue weighted by Gasteiger charge is -2.29. The molecule has 0 bridgehead atoms. The second-order valence-electron chi connectivity index (χ2n) is 9.19. The minimum Gasteiger partial charge on any atom is -0.418 e. The molecule has 0 radical (unpaired) electrons. The summed E-state index contributed by atoms with van der Waals surface area (Å²) in [5.41, 5.74) is -0.891. The number of Topliss-reactive ketones (excluding diaryl/α,β-unsaturated/α-hetero) is 1. The van der Waals surface area contributed by atoms with Crippen molar-refractivity contribution in [3.05, 3.63) is 11.8 Å². The molecule has 29 heavy (non-hydrogen) atoms. The van der Waals surface area contributed by atoms with Crippen LogP contribution in [0.1, 0.15) is 75.9 Å². The summed E-state index contributed by atoms with van der Waals surface area (Å²) in [4.78, 5) is 26.8. The SMILES string of the molecule is CC(C)(CO)NCC(=O)N1C[C@@H](F)CC1C(=O)c1nnc(C2(C)CCCCC2)o1. The van der Waals surface area contributed by atoms with Crippen molar-refractivity contribution in [3.8, 4) is 0 Å². The molecular formula is C20H31FN4O4. The molecule has 2 atom stereocenters. The molecule has 2 fully saturated rings. The van der Waals surface area contributed by atoms with Crippen LogP contribution in [0.2, 0.25) is 0 Å². The number of nitrogens with one attached hydrogen (secondary N) is 1. The molecule has 1 amide bonds. The van der Waals surface area contributed by atoms with Crippen molar-refractivity contribution < 1.29 is 23.5 Å². The first-order valence-electron chi connectivity index (χ1n) is 10.3. The van der Waals surface area contributed by atoms with Gasteiger partial charge in [0.15, 0.2) is 0 Å². The van der Waals surface area contributed by atoms with Gasteiger partial charge in [-0.25, -0.2) is 4.39 Å². The number of ketones is 1. The highest BCUT2D eigenvalue weighted by Crippen LogP contribution is 2.38. The van der Waals surface area contributed by atoms with Crippen molar-refractivity contribution in [3.63, 3.8) is 0 Å². The van der Waals surface area contributed by atoms with E-state index < -0.39 is 29.4 Å². The fourth-order valence-electron chi connectivity index (χ4n) is 4.04. The second-order valence-corrected chi connectivity index (χ2v) is 9.19. The number of hydrogen-bond donors (Lipinski definition) is 2. The van der Waals surface area contributed by atoms with Gasteiger partial charge in [-0.3, -0.25) is 9.59 Å². The maximum Gasteiger partial charge on any atom is 0.286 e. The minimum atomic E-state index is -1.28. The van der Waals surface area contributed by atoms with Gasteiger partial charge in [0.05, 0.1) is 19.7 Å². The van der Waals surface area contributed by atoms with Crippen LogP contribution in [0.25, 0.3) is 0 Å². The number of aromatic nitrogens is 2. The smallest absolute Gasteiger partial charge is 0.286 e. The number of carbonyl (C=O) groups is 2. The van der Waals surface area contributed by atoms with Gasteiger partial charge in [-0.15, -0.1) is 10.2 Å². The number of halogens is 1. The lowest BCUT2D eigenvalue weighted by Crippen LogP contribution is -2.50. The molecule has 0 aromatic carbocycles. The molecule has 2 aliphatic rings. The van der Waals surface area contributed by atoms with Gasteiger partial charge in [-0.05, 0) is 26.7 Å². The lowest BCUT2D eigenvalue weighted by molar-refractivity contribution is -0.131. The Morgan fingerprint density at radius 2 is 2.00 bits per heavy atom. The van der Waals surface area contributed by atoms with E-state index in [4.69, 9.17) is 4.42 Å². The van der Waals surface area contributed by atoms with Crippen LogP contribution in [-0.2, 0) is 10.2 Å². The van der Waals surface area contributed by atoms with E-state index in [-0.39, 0.29) is 37.4 Å². The van der Waals surface area contributed by atoms with Gasteiger partial charge in [0.1, 0.15) is 12.2 Å². The van der Waals surface area contributed by atoms with Crippen molar-refractivity contribution in [2.45, 2.75) is 82.5 Å². The standard InChI is InChI=1S/C20H31FN4O4/c1-19(2,12-26)22-10-15(27)25-11-13(21)9-14(25)16(28)17-23-24-18(29-17)20(3)7-5-4-6-8-20/h13-14,22,26H,4-12H2,1-3H3/t13-,14?/m0/s1. The molecule has 0 spiro atoms. The number of alkyl halides is 1. The zero-order chi connectivity index (χ0) is 21.2. The molecule has 9 heteroatoms. The molecule has 1 aromatic heterocycles. The maximum atomic E-state index is 14.1. The fraction of sp³-hybridized carbons (Fsp3) is 0.800. The Kier molecular flexibility index (Phi) is 6.38. The van der Waals surface area contributed by atoms with Crippen LogP contribution in [0.15, 0.2) is 4.42 Å². The summed E-state index contributed by atoms with van der Waals surface area (Å²) in [7, 11) is 0. The van der Waals surface area contributed by atoms with Gasteiger partial charge in [0.25, 0.3) is 5.89 Å². The average molecular weight is 410 g/mol. The van der Waals surface area contributed by atoms with Crippen LogP contribution in [0, 0.1) is 0 Å². The van der Waals surface area contributed by atoms with Crippen molar-refractivity contribution in [2.75, 3.05) is 19.7 Å². The number of nitrogens with zero attached hydrogens (tertiary/aromatic N) is 3. The predicted molar refractivity (Wildman–Crippen MR) is 103 cm³/mol. The van der Waals surface area contributed by atoms with Crippen LogP contribution in [0.4, 0.5) is 4.39 Å². The van der Waals surface area contributed by atoms with Crippen molar-refractivity contribution in [1.29, 1.82) is 0 Å².